The lowest BCUT2D eigenvalue weighted by atomic mass is 9.97. The van der Waals surface area contributed by atoms with Gasteiger partial charge in [0.25, 0.3) is 0 Å². The predicted molar refractivity (Wildman–Crippen MR) is 109 cm³/mol. The molecule has 0 bridgehead atoms. The molecule has 0 fully saturated rings. The first-order valence-electron chi connectivity index (χ1n) is 9.80. The fraction of sp³-hybridized carbons (Fsp3) is 0.611. The van der Waals surface area contributed by atoms with Gasteiger partial charge in [-0.1, -0.05) is 20.3 Å². The third-order valence-electron chi connectivity index (χ3n) is 4.56. The summed E-state index contributed by atoms with van der Waals surface area (Å²) in [4.78, 5) is 81.5. The molecule has 0 aliphatic heterocycles. The Kier molecular flexibility index (Phi) is 12.1. The Labute approximate surface area is 188 Å². The fourth-order valence-electron chi connectivity index (χ4n) is 2.56. The van der Waals surface area contributed by atoms with E-state index in [1.807, 2.05) is 5.32 Å². The first-order valence-corrected chi connectivity index (χ1v) is 9.80. The highest BCUT2D eigenvalue weighted by molar-refractivity contribution is 5.96. The average molecular weight is 475 g/mol. The van der Waals surface area contributed by atoms with Crippen LogP contribution in [0.3, 0.4) is 0 Å². The number of aliphatic carboxylic acids is 3. The first kappa shape index (κ1) is 29.2. The van der Waals surface area contributed by atoms with E-state index in [-0.39, 0.29) is 0 Å². The molecule has 33 heavy (non-hydrogen) atoms. The molecule has 0 aromatic carbocycles. The molecule has 186 valence electrons. The van der Waals surface area contributed by atoms with Crippen molar-refractivity contribution in [3.05, 3.63) is 0 Å². The third kappa shape index (κ3) is 10.9. The molecule has 5 atom stereocenters. The second kappa shape index (κ2) is 13.6. The van der Waals surface area contributed by atoms with Gasteiger partial charge >= 0.3 is 17.9 Å². The van der Waals surface area contributed by atoms with E-state index in [0.29, 0.717) is 6.42 Å². The number of amides is 4. The summed E-state index contributed by atoms with van der Waals surface area (Å²) >= 11 is 0. The van der Waals surface area contributed by atoms with E-state index in [2.05, 4.69) is 10.6 Å². The second-order valence-corrected chi connectivity index (χ2v) is 7.31. The smallest absolute Gasteiger partial charge is 0.326 e. The van der Waals surface area contributed by atoms with E-state index in [1.54, 1.807) is 13.8 Å². The lowest BCUT2D eigenvalue weighted by molar-refractivity contribution is -0.144. The van der Waals surface area contributed by atoms with Gasteiger partial charge in [-0.05, 0) is 5.92 Å². The van der Waals surface area contributed by atoms with Crippen LogP contribution in [0.1, 0.15) is 39.5 Å². The lowest BCUT2D eigenvalue weighted by Gasteiger charge is -2.27. The molecule has 0 saturated carbocycles. The van der Waals surface area contributed by atoms with Crippen LogP contribution in [-0.4, -0.2) is 81.0 Å². The summed E-state index contributed by atoms with van der Waals surface area (Å²) in [6, 6.07) is -6.31. The quantitative estimate of drug-likeness (QED) is 0.116. The zero-order valence-corrected chi connectivity index (χ0v) is 18.1. The predicted octanol–water partition coefficient (Wildman–Crippen LogP) is -3.28. The van der Waals surface area contributed by atoms with Crippen LogP contribution in [0.15, 0.2) is 0 Å². The normalized spacial score (nSPS) is 15.1. The molecule has 0 spiro atoms. The lowest BCUT2D eigenvalue weighted by Crippen LogP contribution is -2.59. The van der Waals surface area contributed by atoms with Gasteiger partial charge in [0.15, 0.2) is 0 Å². The van der Waals surface area contributed by atoms with Gasteiger partial charge in [0, 0.05) is 0 Å². The molecule has 0 radical (unpaired) electrons. The number of hydrogen-bond donors (Lipinski definition) is 8. The third-order valence-corrected chi connectivity index (χ3v) is 4.56. The van der Waals surface area contributed by atoms with Gasteiger partial charge < -0.3 is 42.7 Å². The van der Waals surface area contributed by atoms with Crippen molar-refractivity contribution in [1.82, 2.24) is 16.0 Å². The number of nitrogens with one attached hydrogen (secondary N) is 3. The molecule has 0 heterocycles. The maximum Gasteiger partial charge on any atom is 0.326 e. The molecule has 0 rings (SSSR count). The highest BCUT2D eigenvalue weighted by Gasteiger charge is 2.34. The van der Waals surface area contributed by atoms with Crippen molar-refractivity contribution in [3.8, 4) is 0 Å². The number of rotatable bonds is 15. The van der Waals surface area contributed by atoms with Crippen LogP contribution < -0.4 is 27.4 Å². The van der Waals surface area contributed by atoms with Gasteiger partial charge in [0.2, 0.25) is 23.6 Å². The summed E-state index contributed by atoms with van der Waals surface area (Å²) in [6.07, 6.45) is -2.07. The second-order valence-electron chi connectivity index (χ2n) is 7.31. The van der Waals surface area contributed by atoms with Gasteiger partial charge in [0.05, 0.1) is 25.3 Å². The van der Waals surface area contributed by atoms with E-state index in [4.69, 9.17) is 26.8 Å². The van der Waals surface area contributed by atoms with Gasteiger partial charge in [-0.25, -0.2) is 4.79 Å². The summed E-state index contributed by atoms with van der Waals surface area (Å²) in [5.74, 6) is -9.17. The van der Waals surface area contributed by atoms with Crippen LogP contribution in [0, 0.1) is 5.92 Å². The van der Waals surface area contributed by atoms with Gasteiger partial charge in [-0.15, -0.1) is 0 Å². The maximum absolute atomic E-state index is 12.7. The highest BCUT2D eigenvalue weighted by atomic mass is 16.4. The Morgan fingerprint density at radius 2 is 1.27 bits per heavy atom. The van der Waals surface area contributed by atoms with E-state index < -0.39 is 90.9 Å². The minimum atomic E-state index is -1.71. The Balaban J connectivity index is 5.61. The maximum atomic E-state index is 12.7. The Morgan fingerprint density at radius 1 is 0.758 bits per heavy atom. The number of nitrogens with two attached hydrogens (primary N) is 2. The first-order chi connectivity index (χ1) is 15.2. The molecule has 15 heteroatoms. The molecular weight excluding hydrogens is 446 g/mol. The van der Waals surface area contributed by atoms with E-state index in [1.165, 1.54) is 0 Å². The molecule has 0 aromatic heterocycles. The Morgan fingerprint density at radius 3 is 1.70 bits per heavy atom. The van der Waals surface area contributed by atoms with Crippen molar-refractivity contribution in [1.29, 1.82) is 0 Å². The van der Waals surface area contributed by atoms with Crippen LogP contribution in [0.25, 0.3) is 0 Å². The molecule has 0 aromatic rings. The molecule has 15 nitrogen and oxygen atoms in total. The Bertz CT molecular complexity index is 787. The summed E-state index contributed by atoms with van der Waals surface area (Å²) in [7, 11) is 0. The number of primary amides is 1. The SMILES string of the molecule is CCC(C)C(NC(=O)C(CC(=O)O)NC(=O)C(N)CC(=O)O)C(=O)NC(CC(N)=O)C(=O)O. The molecule has 0 aliphatic rings. The number of carbonyl (C=O) groups is 7. The van der Waals surface area contributed by atoms with Crippen LogP contribution in [0.2, 0.25) is 0 Å². The number of carboxylic acids is 3. The number of hydrogen-bond acceptors (Lipinski definition) is 8. The largest absolute Gasteiger partial charge is 0.481 e. The van der Waals surface area contributed by atoms with Crippen molar-refractivity contribution in [3.63, 3.8) is 0 Å². The van der Waals surface area contributed by atoms with Gasteiger partial charge in [0.1, 0.15) is 18.1 Å². The van der Waals surface area contributed by atoms with Gasteiger partial charge in [-0.3, -0.25) is 28.8 Å². The van der Waals surface area contributed by atoms with Crippen molar-refractivity contribution in [2.45, 2.75) is 63.7 Å². The molecule has 5 unspecified atom stereocenters. The van der Waals surface area contributed by atoms with Crippen molar-refractivity contribution < 1.29 is 48.9 Å². The minimum Gasteiger partial charge on any atom is -0.481 e. The topological polar surface area (TPSA) is 268 Å². The van der Waals surface area contributed by atoms with Crippen molar-refractivity contribution in [2.75, 3.05) is 0 Å². The fourth-order valence-corrected chi connectivity index (χ4v) is 2.56. The molecule has 0 saturated heterocycles. The van der Waals surface area contributed by atoms with Crippen molar-refractivity contribution >= 4 is 41.5 Å². The standard InChI is InChI=1S/C18H29N5O10/c1-3-7(2)14(17(31)22-10(18(32)33)5-11(20)24)23-16(30)9(6-13(27)28)21-15(29)8(19)4-12(25)26/h7-10,14H,3-6,19H2,1-2H3,(H2,20,24)(H,21,29)(H,22,31)(H,23,30)(H,25,26)(H,27,28)(H,32,33). The van der Waals surface area contributed by atoms with Crippen LogP contribution in [-0.2, 0) is 33.6 Å². The van der Waals surface area contributed by atoms with Crippen molar-refractivity contribution in [2.24, 2.45) is 17.4 Å². The van der Waals surface area contributed by atoms with E-state index in [9.17, 15) is 33.6 Å². The molecule has 10 N–H and O–H groups in total. The van der Waals surface area contributed by atoms with E-state index >= 15 is 0 Å². The summed E-state index contributed by atoms with van der Waals surface area (Å²) < 4.78 is 0. The molecule has 4 amide bonds. The van der Waals surface area contributed by atoms with Gasteiger partial charge in [-0.2, -0.15) is 0 Å². The van der Waals surface area contributed by atoms with Crippen LogP contribution >= 0.6 is 0 Å². The monoisotopic (exact) mass is 475 g/mol. The zero-order chi connectivity index (χ0) is 25.9. The zero-order valence-electron chi connectivity index (χ0n) is 18.1. The van der Waals surface area contributed by atoms with Crippen LogP contribution in [0.5, 0.6) is 0 Å². The Hall–Kier alpha value is -3.75. The minimum absolute atomic E-state index is 0.325. The summed E-state index contributed by atoms with van der Waals surface area (Å²) in [5, 5.41) is 33.3. The van der Waals surface area contributed by atoms with E-state index in [0.717, 1.165) is 0 Å². The van der Waals surface area contributed by atoms with Crippen LogP contribution in [0.4, 0.5) is 0 Å². The summed E-state index contributed by atoms with van der Waals surface area (Å²) in [5.41, 5.74) is 10.4. The number of carbonyl (C=O) groups excluding carboxylic acids is 4. The highest BCUT2D eigenvalue weighted by Crippen LogP contribution is 2.10. The summed E-state index contributed by atoms with van der Waals surface area (Å²) in [6.45, 7) is 3.21. The number of carboxylic acid groups (broad SMARTS) is 3. The average Bonchev–Trinajstić information content (AvgIpc) is 2.68. The molecule has 0 aliphatic carbocycles. The molecular formula is C18H29N5O10.